The van der Waals surface area contributed by atoms with E-state index in [1.807, 2.05) is 32.0 Å². The number of benzene rings is 2. The molecule has 0 spiro atoms. The molecule has 5 nitrogen and oxygen atoms in total. The minimum Gasteiger partial charge on any atom is -0.395 e. The van der Waals surface area contributed by atoms with Crippen LogP contribution < -0.4 is 5.56 Å². The molecular weight excluding hydrogens is 364 g/mol. The van der Waals surface area contributed by atoms with E-state index >= 15 is 0 Å². The van der Waals surface area contributed by atoms with Crippen molar-refractivity contribution in [3.05, 3.63) is 80.1 Å². The third kappa shape index (κ3) is 4.04. The van der Waals surface area contributed by atoms with E-state index in [-0.39, 0.29) is 31.2 Å². The SMILES string of the molecule is Cc1cc(C)c2cc(CN(CCO)C(=O)c3ccccc3Cl)c(=O)[nH]c2c1. The summed E-state index contributed by atoms with van der Waals surface area (Å²) in [6, 6.07) is 12.5. The van der Waals surface area contributed by atoms with Gasteiger partial charge in [-0.2, -0.15) is 0 Å². The van der Waals surface area contributed by atoms with Gasteiger partial charge in [-0.1, -0.05) is 29.8 Å². The van der Waals surface area contributed by atoms with Gasteiger partial charge in [0, 0.05) is 23.0 Å². The highest BCUT2D eigenvalue weighted by molar-refractivity contribution is 6.33. The number of nitrogens with zero attached hydrogens (tertiary/aromatic N) is 1. The molecule has 0 saturated heterocycles. The number of aryl methyl sites for hydroxylation is 2. The Morgan fingerprint density at radius 2 is 1.93 bits per heavy atom. The van der Waals surface area contributed by atoms with Crippen LogP contribution in [0.5, 0.6) is 0 Å². The highest BCUT2D eigenvalue weighted by atomic mass is 35.5. The van der Waals surface area contributed by atoms with Crippen LogP contribution in [0, 0.1) is 13.8 Å². The maximum absolute atomic E-state index is 12.9. The Hall–Kier alpha value is -2.63. The fraction of sp³-hybridized carbons (Fsp3) is 0.238. The van der Waals surface area contributed by atoms with Crippen LogP contribution in [0.3, 0.4) is 0 Å². The number of hydrogen-bond donors (Lipinski definition) is 2. The van der Waals surface area contributed by atoms with Crippen molar-refractivity contribution in [2.24, 2.45) is 0 Å². The lowest BCUT2D eigenvalue weighted by Crippen LogP contribution is -2.35. The first-order valence-corrected chi connectivity index (χ1v) is 9.06. The Kier molecular flexibility index (Phi) is 5.63. The van der Waals surface area contributed by atoms with E-state index in [1.165, 1.54) is 4.90 Å². The van der Waals surface area contributed by atoms with E-state index < -0.39 is 0 Å². The average Bonchev–Trinajstić information content (AvgIpc) is 2.62. The number of amides is 1. The molecule has 3 rings (SSSR count). The number of rotatable bonds is 5. The zero-order valence-electron chi connectivity index (χ0n) is 15.3. The Balaban J connectivity index is 2.00. The third-order valence-corrected chi connectivity index (χ3v) is 4.84. The van der Waals surface area contributed by atoms with Crippen molar-refractivity contribution in [3.8, 4) is 0 Å². The molecule has 0 radical (unpaired) electrons. The van der Waals surface area contributed by atoms with Gasteiger partial charge >= 0.3 is 0 Å². The quantitative estimate of drug-likeness (QED) is 0.707. The van der Waals surface area contributed by atoms with E-state index in [0.29, 0.717) is 16.1 Å². The molecule has 1 aromatic heterocycles. The van der Waals surface area contributed by atoms with Gasteiger partial charge in [-0.3, -0.25) is 9.59 Å². The van der Waals surface area contributed by atoms with Crippen LogP contribution >= 0.6 is 11.6 Å². The number of pyridine rings is 1. The molecule has 0 aliphatic rings. The summed E-state index contributed by atoms with van der Waals surface area (Å²) >= 11 is 6.13. The first kappa shape index (κ1) is 19.1. The molecular formula is C21H21ClN2O3. The van der Waals surface area contributed by atoms with Crippen LogP contribution in [0.25, 0.3) is 10.9 Å². The molecule has 3 aromatic rings. The van der Waals surface area contributed by atoms with Gasteiger partial charge in [-0.25, -0.2) is 0 Å². The second-order valence-corrected chi connectivity index (χ2v) is 7.00. The highest BCUT2D eigenvalue weighted by Gasteiger charge is 2.19. The van der Waals surface area contributed by atoms with Crippen molar-refractivity contribution in [3.63, 3.8) is 0 Å². The largest absolute Gasteiger partial charge is 0.395 e. The van der Waals surface area contributed by atoms with Gasteiger partial charge in [0.15, 0.2) is 0 Å². The lowest BCUT2D eigenvalue weighted by Gasteiger charge is -2.22. The number of aromatic nitrogens is 1. The van der Waals surface area contributed by atoms with Crippen LogP contribution in [0.4, 0.5) is 0 Å². The number of halogens is 1. The number of carbonyl (C=O) groups is 1. The van der Waals surface area contributed by atoms with Gasteiger partial charge in [0.1, 0.15) is 0 Å². The topological polar surface area (TPSA) is 73.4 Å². The van der Waals surface area contributed by atoms with Crippen molar-refractivity contribution >= 4 is 28.4 Å². The van der Waals surface area contributed by atoms with E-state index in [0.717, 1.165) is 22.0 Å². The highest BCUT2D eigenvalue weighted by Crippen LogP contribution is 2.21. The molecule has 1 amide bonds. The summed E-state index contributed by atoms with van der Waals surface area (Å²) in [6.45, 7) is 3.94. The maximum Gasteiger partial charge on any atom is 0.255 e. The van der Waals surface area contributed by atoms with Crippen LogP contribution in [0.15, 0.2) is 47.3 Å². The van der Waals surface area contributed by atoms with E-state index in [9.17, 15) is 14.7 Å². The normalized spacial score (nSPS) is 11.0. The molecule has 0 aliphatic heterocycles. The van der Waals surface area contributed by atoms with E-state index in [4.69, 9.17) is 11.6 Å². The molecule has 1 heterocycles. The number of H-pyrrole nitrogens is 1. The molecule has 0 atom stereocenters. The maximum atomic E-state index is 12.9. The molecule has 2 aromatic carbocycles. The second kappa shape index (κ2) is 7.94. The van der Waals surface area contributed by atoms with Crippen molar-refractivity contribution in [1.29, 1.82) is 0 Å². The first-order chi connectivity index (χ1) is 12.9. The van der Waals surface area contributed by atoms with Crippen molar-refractivity contribution in [2.75, 3.05) is 13.2 Å². The lowest BCUT2D eigenvalue weighted by atomic mass is 10.0. The molecule has 27 heavy (non-hydrogen) atoms. The molecule has 0 saturated carbocycles. The summed E-state index contributed by atoms with van der Waals surface area (Å²) in [5, 5.41) is 10.7. The summed E-state index contributed by atoms with van der Waals surface area (Å²) in [7, 11) is 0. The van der Waals surface area contributed by atoms with Crippen LogP contribution in [-0.4, -0.2) is 34.0 Å². The Morgan fingerprint density at radius 1 is 1.19 bits per heavy atom. The lowest BCUT2D eigenvalue weighted by molar-refractivity contribution is 0.0707. The standard InChI is InChI=1S/C21H21ClN2O3/c1-13-9-14(2)17-11-15(20(26)23-19(17)10-13)12-24(7-8-25)21(27)16-5-3-4-6-18(16)22/h3-6,9-11,25H,7-8,12H2,1-2H3,(H,23,26). The molecule has 6 heteroatoms. The number of aliphatic hydroxyl groups is 1. The van der Waals surface area contributed by atoms with Gasteiger partial charge in [0.25, 0.3) is 11.5 Å². The zero-order valence-corrected chi connectivity index (χ0v) is 16.0. The Bertz CT molecular complexity index is 1060. The molecule has 140 valence electrons. The predicted molar refractivity (Wildman–Crippen MR) is 107 cm³/mol. The fourth-order valence-corrected chi connectivity index (χ4v) is 3.43. The summed E-state index contributed by atoms with van der Waals surface area (Å²) in [5.74, 6) is -0.324. The summed E-state index contributed by atoms with van der Waals surface area (Å²) in [4.78, 5) is 29.7. The van der Waals surface area contributed by atoms with Gasteiger partial charge in [-0.05, 0) is 49.2 Å². The second-order valence-electron chi connectivity index (χ2n) is 6.60. The summed E-state index contributed by atoms with van der Waals surface area (Å²) in [5.41, 5.74) is 3.45. The van der Waals surface area contributed by atoms with Crippen molar-refractivity contribution in [1.82, 2.24) is 9.88 Å². The minimum absolute atomic E-state index is 0.0865. The average molecular weight is 385 g/mol. The Morgan fingerprint density at radius 3 is 2.63 bits per heavy atom. The predicted octanol–water partition coefficient (Wildman–Crippen LogP) is 3.43. The van der Waals surface area contributed by atoms with Gasteiger partial charge in [0.05, 0.1) is 23.7 Å². The van der Waals surface area contributed by atoms with Gasteiger partial charge in [-0.15, -0.1) is 0 Å². The molecule has 0 aliphatic carbocycles. The van der Waals surface area contributed by atoms with Crippen molar-refractivity contribution < 1.29 is 9.90 Å². The van der Waals surface area contributed by atoms with E-state index in [1.54, 1.807) is 24.3 Å². The van der Waals surface area contributed by atoms with Crippen LogP contribution in [0.1, 0.15) is 27.0 Å². The summed E-state index contributed by atoms with van der Waals surface area (Å²) < 4.78 is 0. The fourth-order valence-electron chi connectivity index (χ4n) is 3.22. The zero-order chi connectivity index (χ0) is 19.6. The van der Waals surface area contributed by atoms with Gasteiger partial charge < -0.3 is 15.0 Å². The first-order valence-electron chi connectivity index (χ1n) is 8.68. The monoisotopic (exact) mass is 384 g/mol. The molecule has 0 unspecified atom stereocenters. The Labute approximate surface area is 162 Å². The van der Waals surface area contributed by atoms with Crippen LogP contribution in [0.2, 0.25) is 5.02 Å². The van der Waals surface area contributed by atoms with Crippen LogP contribution in [-0.2, 0) is 6.54 Å². The molecule has 0 fully saturated rings. The molecule has 2 N–H and O–H groups in total. The van der Waals surface area contributed by atoms with E-state index in [2.05, 4.69) is 4.98 Å². The third-order valence-electron chi connectivity index (χ3n) is 4.51. The minimum atomic E-state index is -0.324. The number of carbonyl (C=O) groups excluding carboxylic acids is 1. The number of hydrogen-bond acceptors (Lipinski definition) is 3. The number of nitrogens with one attached hydrogen (secondary N) is 1. The molecule has 0 bridgehead atoms. The summed E-state index contributed by atoms with van der Waals surface area (Å²) in [6.07, 6.45) is 0. The number of fused-ring (bicyclic) bond motifs is 1. The number of aliphatic hydroxyl groups excluding tert-OH is 1. The van der Waals surface area contributed by atoms with Crippen molar-refractivity contribution in [2.45, 2.75) is 20.4 Å². The number of aromatic amines is 1. The smallest absolute Gasteiger partial charge is 0.255 e. The van der Waals surface area contributed by atoms with Gasteiger partial charge in [0.2, 0.25) is 0 Å².